The second kappa shape index (κ2) is 11.1. The second-order valence-corrected chi connectivity index (χ2v) is 7.10. The van der Waals surface area contributed by atoms with E-state index in [1.165, 1.54) is 24.3 Å². The van der Waals surface area contributed by atoms with Gasteiger partial charge in [-0.2, -0.15) is 0 Å². The molecule has 1 heterocycles. The van der Waals surface area contributed by atoms with E-state index in [2.05, 4.69) is 25.9 Å². The maximum atomic E-state index is 13.3. The van der Waals surface area contributed by atoms with Crippen LogP contribution in [0.15, 0.2) is 53.7 Å². The summed E-state index contributed by atoms with van der Waals surface area (Å²) >= 11 is 0. The third-order valence-electron chi connectivity index (χ3n) is 4.72. The van der Waals surface area contributed by atoms with Crippen LogP contribution in [0, 0.1) is 11.6 Å². The molecule has 1 amide bonds. The average molecular weight is 427 g/mol. The highest BCUT2D eigenvalue weighted by atomic mass is 19.1. The van der Waals surface area contributed by atoms with E-state index in [0.29, 0.717) is 44.1 Å². The highest BCUT2D eigenvalue weighted by molar-refractivity contribution is 5.83. The summed E-state index contributed by atoms with van der Waals surface area (Å²) in [7, 11) is 0. The molecule has 4 N–H and O–H groups in total. The van der Waals surface area contributed by atoms with Crippen LogP contribution in [0.1, 0.15) is 18.1 Å². The van der Waals surface area contributed by atoms with Crippen LogP contribution in [0.25, 0.3) is 10.9 Å². The molecule has 3 rings (SSSR count). The number of carbonyl (C=O) groups is 1. The van der Waals surface area contributed by atoms with Crippen molar-refractivity contribution in [2.75, 3.05) is 26.2 Å². The number of hydrogen-bond donors (Lipinski definition) is 4. The van der Waals surface area contributed by atoms with Crippen LogP contribution in [-0.4, -0.2) is 43.0 Å². The number of aromatic amines is 1. The molecule has 8 heteroatoms. The zero-order chi connectivity index (χ0) is 22.1. The van der Waals surface area contributed by atoms with E-state index < -0.39 is 0 Å². The molecule has 0 aliphatic heterocycles. The summed E-state index contributed by atoms with van der Waals surface area (Å²) in [5, 5.41) is 10.2. The third-order valence-corrected chi connectivity index (χ3v) is 4.72. The predicted octanol–water partition coefficient (Wildman–Crippen LogP) is 2.90. The maximum absolute atomic E-state index is 13.3. The van der Waals surface area contributed by atoms with Gasteiger partial charge in [0.25, 0.3) is 0 Å². The van der Waals surface area contributed by atoms with E-state index in [0.717, 1.165) is 16.5 Å². The van der Waals surface area contributed by atoms with Crippen LogP contribution in [0.2, 0.25) is 0 Å². The summed E-state index contributed by atoms with van der Waals surface area (Å²) in [5.41, 5.74) is 2.50. The first-order valence-corrected chi connectivity index (χ1v) is 10.3. The minimum absolute atomic E-state index is 0.139. The Hall–Kier alpha value is -3.42. The zero-order valence-corrected chi connectivity index (χ0v) is 17.5. The highest BCUT2D eigenvalue weighted by Crippen LogP contribution is 2.19. The number of nitrogens with zero attached hydrogens (tertiary/aromatic N) is 1. The Kier molecular flexibility index (Phi) is 7.98. The first-order valence-electron chi connectivity index (χ1n) is 10.3. The number of carbonyl (C=O) groups excluding carboxylic acids is 1. The summed E-state index contributed by atoms with van der Waals surface area (Å²) < 4.78 is 26.5. The molecule has 0 unspecified atom stereocenters. The molecular weight excluding hydrogens is 400 g/mol. The molecule has 164 valence electrons. The van der Waals surface area contributed by atoms with Crippen molar-refractivity contribution in [1.29, 1.82) is 0 Å². The lowest BCUT2D eigenvalue weighted by Crippen LogP contribution is -2.41. The van der Waals surface area contributed by atoms with Crippen molar-refractivity contribution < 1.29 is 13.6 Å². The van der Waals surface area contributed by atoms with Gasteiger partial charge >= 0.3 is 0 Å². The molecule has 31 heavy (non-hydrogen) atoms. The normalized spacial score (nSPS) is 11.5. The van der Waals surface area contributed by atoms with Gasteiger partial charge in [0, 0.05) is 43.3 Å². The van der Waals surface area contributed by atoms with Gasteiger partial charge in [-0.3, -0.25) is 9.79 Å². The smallest absolute Gasteiger partial charge is 0.224 e. The average Bonchev–Trinajstić information content (AvgIpc) is 3.13. The predicted molar refractivity (Wildman–Crippen MR) is 119 cm³/mol. The number of benzene rings is 2. The first-order chi connectivity index (χ1) is 15.0. The molecule has 3 aromatic rings. The van der Waals surface area contributed by atoms with Gasteiger partial charge in [-0.1, -0.05) is 12.1 Å². The first kappa shape index (κ1) is 22.3. The Morgan fingerprint density at radius 3 is 2.65 bits per heavy atom. The van der Waals surface area contributed by atoms with E-state index in [9.17, 15) is 13.6 Å². The Morgan fingerprint density at radius 2 is 1.84 bits per heavy atom. The van der Waals surface area contributed by atoms with Crippen molar-refractivity contribution in [3.05, 3.63) is 71.4 Å². The van der Waals surface area contributed by atoms with Gasteiger partial charge in [-0.15, -0.1) is 0 Å². The summed E-state index contributed by atoms with van der Waals surface area (Å²) in [6.45, 7) is 4.18. The maximum Gasteiger partial charge on any atom is 0.224 e. The standard InChI is InChI=1S/C23H27F2N5O/c1-2-26-23(28-9-8-17-15-30-21-14-19(25)6-7-20(17)21)29-11-10-27-22(31)13-16-4-3-5-18(24)12-16/h3-7,12,14-15,30H,2,8-11,13H2,1H3,(H,27,31)(H2,26,28,29). The van der Waals surface area contributed by atoms with Crippen molar-refractivity contribution in [1.82, 2.24) is 20.9 Å². The minimum atomic E-state index is -0.349. The Balaban J connectivity index is 1.43. The van der Waals surface area contributed by atoms with Crippen LogP contribution in [0.5, 0.6) is 0 Å². The molecule has 0 aliphatic carbocycles. The number of amides is 1. The number of halogens is 2. The Morgan fingerprint density at radius 1 is 1.03 bits per heavy atom. The van der Waals surface area contributed by atoms with E-state index in [4.69, 9.17) is 0 Å². The van der Waals surface area contributed by atoms with Crippen LogP contribution in [0.3, 0.4) is 0 Å². The highest BCUT2D eigenvalue weighted by Gasteiger charge is 2.06. The molecule has 0 atom stereocenters. The summed E-state index contributed by atoms with van der Waals surface area (Å²) in [6, 6.07) is 10.7. The van der Waals surface area contributed by atoms with Crippen molar-refractivity contribution in [3.63, 3.8) is 0 Å². The van der Waals surface area contributed by atoms with Gasteiger partial charge < -0.3 is 20.9 Å². The number of guanidine groups is 1. The number of nitrogens with one attached hydrogen (secondary N) is 4. The van der Waals surface area contributed by atoms with Crippen LogP contribution in [-0.2, 0) is 17.6 Å². The van der Waals surface area contributed by atoms with Crippen molar-refractivity contribution >= 4 is 22.8 Å². The fourth-order valence-corrected chi connectivity index (χ4v) is 3.27. The summed E-state index contributed by atoms with van der Waals surface area (Å²) in [4.78, 5) is 19.6. The lowest BCUT2D eigenvalue weighted by Gasteiger charge is -2.12. The fraction of sp³-hybridized carbons (Fsp3) is 0.304. The van der Waals surface area contributed by atoms with Gasteiger partial charge in [0.1, 0.15) is 11.6 Å². The number of aliphatic imine (C=N–C) groups is 1. The molecule has 0 bridgehead atoms. The van der Waals surface area contributed by atoms with Crippen molar-refractivity contribution in [2.45, 2.75) is 19.8 Å². The van der Waals surface area contributed by atoms with Crippen molar-refractivity contribution in [2.24, 2.45) is 4.99 Å². The molecule has 2 aromatic carbocycles. The lowest BCUT2D eigenvalue weighted by atomic mass is 10.1. The van der Waals surface area contributed by atoms with Gasteiger partial charge in [0.2, 0.25) is 5.91 Å². The van der Waals surface area contributed by atoms with E-state index in [-0.39, 0.29) is 24.0 Å². The largest absolute Gasteiger partial charge is 0.361 e. The fourth-order valence-electron chi connectivity index (χ4n) is 3.27. The number of H-pyrrole nitrogens is 1. The van der Waals surface area contributed by atoms with Gasteiger partial charge in [-0.25, -0.2) is 8.78 Å². The summed E-state index contributed by atoms with van der Waals surface area (Å²) in [6.07, 6.45) is 2.74. The van der Waals surface area contributed by atoms with Crippen LogP contribution < -0.4 is 16.0 Å². The van der Waals surface area contributed by atoms with Gasteiger partial charge in [0.05, 0.1) is 6.42 Å². The number of aromatic nitrogens is 1. The van der Waals surface area contributed by atoms with E-state index in [1.807, 2.05) is 13.1 Å². The molecule has 0 saturated carbocycles. The lowest BCUT2D eigenvalue weighted by molar-refractivity contribution is -0.120. The van der Waals surface area contributed by atoms with Gasteiger partial charge in [0.15, 0.2) is 5.96 Å². The third kappa shape index (κ3) is 6.80. The van der Waals surface area contributed by atoms with E-state index in [1.54, 1.807) is 18.2 Å². The zero-order valence-electron chi connectivity index (χ0n) is 17.5. The molecule has 0 radical (unpaired) electrons. The molecule has 0 spiro atoms. The molecule has 0 fully saturated rings. The Labute approximate surface area is 180 Å². The van der Waals surface area contributed by atoms with Crippen LogP contribution >= 0.6 is 0 Å². The van der Waals surface area contributed by atoms with Crippen molar-refractivity contribution in [3.8, 4) is 0 Å². The summed E-state index contributed by atoms with van der Waals surface area (Å²) in [5.74, 6) is -0.114. The number of rotatable bonds is 9. The number of fused-ring (bicyclic) bond motifs is 1. The topological polar surface area (TPSA) is 81.3 Å². The SMILES string of the molecule is CCNC(=NCCc1c[nH]c2cc(F)ccc12)NCCNC(=O)Cc1cccc(F)c1. The molecule has 6 nitrogen and oxygen atoms in total. The quantitative estimate of drug-likeness (QED) is 0.241. The number of hydrogen-bond acceptors (Lipinski definition) is 2. The van der Waals surface area contributed by atoms with E-state index >= 15 is 0 Å². The Bertz CT molecular complexity index is 1050. The van der Waals surface area contributed by atoms with Gasteiger partial charge in [-0.05, 0) is 54.8 Å². The monoisotopic (exact) mass is 427 g/mol. The molecule has 0 aliphatic rings. The molecular formula is C23H27F2N5O. The second-order valence-electron chi connectivity index (χ2n) is 7.10. The molecule has 0 saturated heterocycles. The molecule has 1 aromatic heterocycles. The van der Waals surface area contributed by atoms with Crippen LogP contribution in [0.4, 0.5) is 8.78 Å². The minimum Gasteiger partial charge on any atom is -0.361 e.